The molecule has 0 aliphatic rings. The van der Waals surface area contributed by atoms with Crippen molar-refractivity contribution < 1.29 is 19.7 Å². The van der Waals surface area contributed by atoms with Crippen molar-refractivity contribution in [3.63, 3.8) is 0 Å². The first-order valence-electron chi connectivity index (χ1n) is 8.57. The summed E-state index contributed by atoms with van der Waals surface area (Å²) >= 11 is 0. The Hall–Kier alpha value is -2.77. The maximum atomic E-state index is 11.8. The molecule has 0 aliphatic heterocycles. The number of carboxylic acid groups (broad SMARTS) is 1. The molecule has 8 nitrogen and oxygen atoms in total. The number of nitro groups is 2. The molecule has 1 aromatic rings. The summed E-state index contributed by atoms with van der Waals surface area (Å²) in [5, 5.41) is 31.8. The van der Waals surface area contributed by atoms with Crippen LogP contribution in [0.1, 0.15) is 58.4 Å². The molecule has 1 unspecified atom stereocenters. The Morgan fingerprint density at radius 3 is 2.31 bits per heavy atom. The van der Waals surface area contributed by atoms with Gasteiger partial charge < -0.3 is 5.11 Å². The topological polar surface area (TPSA) is 124 Å². The zero-order valence-corrected chi connectivity index (χ0v) is 15.2. The van der Waals surface area contributed by atoms with Crippen LogP contribution in [-0.4, -0.2) is 20.9 Å². The summed E-state index contributed by atoms with van der Waals surface area (Å²) in [5.41, 5.74) is -0.754. The molecule has 0 fully saturated rings. The lowest BCUT2D eigenvalue weighted by Crippen LogP contribution is -2.10. The van der Waals surface area contributed by atoms with E-state index < -0.39 is 27.2 Å². The van der Waals surface area contributed by atoms with Gasteiger partial charge >= 0.3 is 5.97 Å². The Morgan fingerprint density at radius 1 is 1.15 bits per heavy atom. The van der Waals surface area contributed by atoms with Crippen molar-refractivity contribution >= 4 is 22.9 Å². The number of aliphatic carboxylic acids is 1. The monoisotopic (exact) mass is 364 g/mol. The van der Waals surface area contributed by atoms with Gasteiger partial charge in [-0.1, -0.05) is 45.1 Å². The van der Waals surface area contributed by atoms with Crippen molar-refractivity contribution in [2.75, 3.05) is 0 Å². The second-order valence-corrected chi connectivity index (χ2v) is 6.33. The third-order valence-electron chi connectivity index (χ3n) is 4.50. The Labute approximate surface area is 151 Å². The summed E-state index contributed by atoms with van der Waals surface area (Å²) in [4.78, 5) is 32.5. The summed E-state index contributed by atoms with van der Waals surface area (Å²) in [7, 11) is 0. The lowest BCUT2D eigenvalue weighted by molar-refractivity contribution is -0.394. The number of allylic oxidation sites excluding steroid dienone is 1. The van der Waals surface area contributed by atoms with Crippen LogP contribution in [0.15, 0.2) is 23.8 Å². The van der Waals surface area contributed by atoms with Crippen molar-refractivity contribution in [3.05, 3.63) is 49.6 Å². The molecule has 0 saturated heterocycles. The molecule has 1 rings (SSSR count). The minimum Gasteiger partial charge on any atom is -0.478 e. The van der Waals surface area contributed by atoms with Crippen LogP contribution >= 0.6 is 0 Å². The van der Waals surface area contributed by atoms with Gasteiger partial charge in [0.05, 0.1) is 27.0 Å². The third-order valence-corrected chi connectivity index (χ3v) is 4.50. The fourth-order valence-electron chi connectivity index (χ4n) is 2.83. The number of nitrogens with zero attached hydrogens (tertiary/aromatic N) is 2. The molecule has 142 valence electrons. The molecule has 0 radical (unpaired) electrons. The van der Waals surface area contributed by atoms with Crippen LogP contribution in [-0.2, 0) is 4.79 Å². The van der Waals surface area contributed by atoms with Gasteiger partial charge in [-0.25, -0.2) is 4.79 Å². The van der Waals surface area contributed by atoms with E-state index in [0.717, 1.165) is 50.3 Å². The van der Waals surface area contributed by atoms with Gasteiger partial charge in [-0.2, -0.15) is 0 Å². The van der Waals surface area contributed by atoms with E-state index in [1.807, 2.05) is 6.92 Å². The van der Waals surface area contributed by atoms with Gasteiger partial charge in [-0.05, 0) is 25.3 Å². The number of hydrogen-bond acceptors (Lipinski definition) is 5. The molecular weight excluding hydrogens is 340 g/mol. The molecule has 0 aromatic heterocycles. The normalized spacial score (nSPS) is 13.0. The second-order valence-electron chi connectivity index (χ2n) is 6.33. The van der Waals surface area contributed by atoms with Gasteiger partial charge in [0.1, 0.15) is 0 Å². The van der Waals surface area contributed by atoms with Gasteiger partial charge in [-0.3, -0.25) is 20.2 Å². The van der Waals surface area contributed by atoms with Gasteiger partial charge in [0.15, 0.2) is 0 Å². The van der Waals surface area contributed by atoms with E-state index in [2.05, 4.69) is 6.92 Å². The predicted octanol–water partition coefficient (Wildman–Crippen LogP) is 4.97. The van der Waals surface area contributed by atoms with E-state index in [1.165, 1.54) is 0 Å². The highest BCUT2D eigenvalue weighted by atomic mass is 16.6. The smallest absolute Gasteiger partial charge is 0.336 e. The molecule has 1 atom stereocenters. The van der Waals surface area contributed by atoms with E-state index in [4.69, 9.17) is 0 Å². The van der Waals surface area contributed by atoms with E-state index in [1.54, 1.807) is 6.92 Å². The van der Waals surface area contributed by atoms with Gasteiger partial charge in [0.25, 0.3) is 11.4 Å². The van der Waals surface area contributed by atoms with Crippen LogP contribution in [0, 0.1) is 26.1 Å². The highest BCUT2D eigenvalue weighted by Crippen LogP contribution is 2.34. The average molecular weight is 364 g/mol. The molecule has 0 amide bonds. The van der Waals surface area contributed by atoms with Crippen molar-refractivity contribution in [2.45, 2.75) is 52.9 Å². The van der Waals surface area contributed by atoms with Crippen molar-refractivity contribution in [1.82, 2.24) is 0 Å². The summed E-state index contributed by atoms with van der Waals surface area (Å²) in [6.45, 7) is 5.64. The summed E-state index contributed by atoms with van der Waals surface area (Å²) in [6, 6.07) is 3.04. The molecule has 0 heterocycles. The number of unbranched alkanes of at least 4 members (excludes halogenated alkanes) is 3. The zero-order chi connectivity index (χ0) is 19.9. The zero-order valence-electron chi connectivity index (χ0n) is 15.2. The standard InChI is InChI=1S/C18H24N2O6/c1-4-5-6-7-8-12(2)13(3)17(18(21)22)15-10-9-14(19(23)24)11-16(15)20(25)26/h9-12H,4-8H2,1-3H3,(H,21,22)/b17-13-. The van der Waals surface area contributed by atoms with E-state index in [9.17, 15) is 30.1 Å². The van der Waals surface area contributed by atoms with Gasteiger partial charge in [-0.15, -0.1) is 0 Å². The summed E-state index contributed by atoms with van der Waals surface area (Å²) in [6.07, 6.45) is 4.98. The summed E-state index contributed by atoms with van der Waals surface area (Å²) < 4.78 is 0. The lowest BCUT2D eigenvalue weighted by Gasteiger charge is -2.16. The van der Waals surface area contributed by atoms with Crippen molar-refractivity contribution in [1.29, 1.82) is 0 Å². The molecule has 1 N–H and O–H groups in total. The molecule has 0 saturated carbocycles. The summed E-state index contributed by atoms with van der Waals surface area (Å²) in [5.74, 6) is -1.34. The number of nitro benzene ring substituents is 2. The van der Waals surface area contributed by atoms with E-state index in [0.29, 0.717) is 5.57 Å². The minimum absolute atomic E-state index is 0.0623. The number of carbonyl (C=O) groups is 1. The number of benzene rings is 1. The van der Waals surface area contributed by atoms with Crippen LogP contribution in [0.5, 0.6) is 0 Å². The number of hydrogen-bond donors (Lipinski definition) is 1. The number of rotatable bonds is 10. The Balaban J connectivity index is 3.33. The molecule has 0 bridgehead atoms. The van der Waals surface area contributed by atoms with Gasteiger partial charge in [0, 0.05) is 6.07 Å². The minimum atomic E-state index is -1.28. The highest BCUT2D eigenvalue weighted by molar-refractivity contribution is 6.17. The van der Waals surface area contributed by atoms with Gasteiger partial charge in [0.2, 0.25) is 0 Å². The Bertz CT molecular complexity index is 726. The first kappa shape index (κ1) is 21.3. The maximum absolute atomic E-state index is 11.8. The van der Waals surface area contributed by atoms with Crippen LogP contribution in [0.25, 0.3) is 5.57 Å². The molecule has 1 aromatic carbocycles. The maximum Gasteiger partial charge on any atom is 0.336 e. The molecule has 26 heavy (non-hydrogen) atoms. The number of carboxylic acids is 1. The lowest BCUT2D eigenvalue weighted by atomic mass is 9.88. The molecular formula is C18H24N2O6. The van der Waals surface area contributed by atoms with Crippen LogP contribution in [0.3, 0.4) is 0 Å². The quantitative estimate of drug-likeness (QED) is 0.270. The molecule has 0 aliphatic carbocycles. The Morgan fingerprint density at radius 2 is 1.81 bits per heavy atom. The van der Waals surface area contributed by atoms with Crippen molar-refractivity contribution in [3.8, 4) is 0 Å². The van der Waals surface area contributed by atoms with Crippen LogP contribution in [0.2, 0.25) is 0 Å². The molecule has 0 spiro atoms. The third kappa shape index (κ3) is 5.37. The fraction of sp³-hybridized carbons (Fsp3) is 0.500. The number of non-ortho nitro benzene ring substituents is 1. The average Bonchev–Trinajstić information content (AvgIpc) is 2.58. The Kier molecular flexibility index (Phi) is 7.89. The van der Waals surface area contributed by atoms with Crippen LogP contribution < -0.4 is 0 Å². The highest BCUT2D eigenvalue weighted by Gasteiger charge is 2.27. The van der Waals surface area contributed by atoms with Crippen molar-refractivity contribution in [2.24, 2.45) is 5.92 Å². The predicted molar refractivity (Wildman–Crippen MR) is 97.9 cm³/mol. The SMILES string of the molecule is CCCCCCC(C)/C(C)=C(\C(=O)O)c1ccc([N+](=O)[O-])cc1[N+](=O)[O-]. The second kappa shape index (κ2) is 9.65. The van der Waals surface area contributed by atoms with Crippen LogP contribution in [0.4, 0.5) is 11.4 Å². The fourth-order valence-corrected chi connectivity index (χ4v) is 2.83. The first-order chi connectivity index (χ1) is 12.2. The van der Waals surface area contributed by atoms with E-state index >= 15 is 0 Å². The van der Waals surface area contributed by atoms with E-state index in [-0.39, 0.29) is 17.1 Å². The largest absolute Gasteiger partial charge is 0.478 e. The first-order valence-corrected chi connectivity index (χ1v) is 8.57. The molecule has 8 heteroatoms.